The molecule has 0 radical (unpaired) electrons. The maximum absolute atomic E-state index is 3.36. The van der Waals surface area contributed by atoms with Gasteiger partial charge in [-0.15, -0.1) is 12.8 Å². The first-order chi connectivity index (χ1) is 8.21. The van der Waals surface area contributed by atoms with Crippen LogP contribution in [-0.4, -0.2) is 16.1 Å². The van der Waals surface area contributed by atoms with E-state index in [9.17, 15) is 0 Å². The van der Waals surface area contributed by atoms with Crippen LogP contribution in [0.5, 0.6) is 0 Å². The molecule has 0 aromatic rings. The largest absolute Gasteiger partial charge is 2.00 e. The zero-order chi connectivity index (χ0) is 13.8. The van der Waals surface area contributed by atoms with Crippen LogP contribution < -0.4 is 0 Å². The summed E-state index contributed by atoms with van der Waals surface area (Å²) in [5.41, 5.74) is 0. The van der Waals surface area contributed by atoms with Gasteiger partial charge in [-0.2, -0.15) is 12.2 Å². The van der Waals surface area contributed by atoms with E-state index in [0.29, 0.717) is 0 Å². The van der Waals surface area contributed by atoms with E-state index in [1.54, 1.807) is 0 Å². The maximum atomic E-state index is 3.36. The Morgan fingerprint density at radius 1 is 0.737 bits per heavy atom. The van der Waals surface area contributed by atoms with Crippen LogP contribution in [0.25, 0.3) is 0 Å². The van der Waals surface area contributed by atoms with Gasteiger partial charge in [0, 0.05) is 16.1 Å². The Bertz CT molecular complexity index is 361. The predicted octanol–water partition coefficient (Wildman–Crippen LogP) is 5.10. The normalized spacial score (nSPS) is 17.4. The topological polar surface area (TPSA) is 0 Å². The summed E-state index contributed by atoms with van der Waals surface area (Å²) >= 11 is 0. The molecular weight excluding hydrogens is 340 g/mol. The molecule has 0 unspecified atom stereocenters. The number of hydrogen-bond acceptors (Lipinski definition) is 0. The van der Waals surface area contributed by atoms with Gasteiger partial charge < -0.3 is 0 Å². The average molecular weight is 366 g/mol. The molecule has 0 heterocycles. The summed E-state index contributed by atoms with van der Waals surface area (Å²) in [6.07, 6.45) is 17.6. The van der Waals surface area contributed by atoms with Crippen LogP contribution in [0.1, 0.15) is 12.8 Å². The van der Waals surface area contributed by atoms with Crippen molar-refractivity contribution in [2.75, 3.05) is 0 Å². The second-order valence-corrected chi connectivity index (χ2v) is 17.0. The molecule has 2 aliphatic carbocycles. The molecule has 0 N–H and O–H groups in total. The Hall–Kier alpha value is 0.277. The van der Waals surface area contributed by atoms with Crippen molar-refractivity contribution in [1.82, 2.24) is 0 Å². The van der Waals surface area contributed by atoms with Gasteiger partial charge in [-0.25, -0.2) is 22.5 Å². The van der Waals surface area contributed by atoms with Gasteiger partial charge in [-0.05, 0) is 0 Å². The molecule has 0 aliphatic heterocycles. The molecule has 0 bridgehead atoms. The molecule has 102 valence electrons. The monoisotopic (exact) mass is 364 g/mol. The standard InChI is InChI=1S/2C8H13Si.Zr/c2*1-9(2,3)8-6-4-5-7-8;/h2*4,6H,5H2,1-3H3;/q2*-1;+2. The van der Waals surface area contributed by atoms with Crippen molar-refractivity contribution in [3.05, 3.63) is 46.8 Å². The van der Waals surface area contributed by atoms with Crippen LogP contribution in [0.4, 0.5) is 0 Å². The van der Waals surface area contributed by atoms with Gasteiger partial charge in [0.25, 0.3) is 0 Å². The van der Waals surface area contributed by atoms with Gasteiger partial charge in [0.1, 0.15) is 0 Å². The van der Waals surface area contributed by atoms with E-state index in [-0.39, 0.29) is 26.2 Å². The van der Waals surface area contributed by atoms with Crippen molar-refractivity contribution in [3.63, 3.8) is 0 Å². The summed E-state index contributed by atoms with van der Waals surface area (Å²) in [5, 5.41) is 2.98. The maximum Gasteiger partial charge on any atom is 2.00 e. The molecule has 0 fully saturated rings. The minimum atomic E-state index is -1.01. The Morgan fingerprint density at radius 3 is 1.16 bits per heavy atom. The summed E-state index contributed by atoms with van der Waals surface area (Å²) in [6, 6.07) is 0. The molecule has 0 nitrogen and oxygen atoms in total. The molecule has 2 aliphatic rings. The zero-order valence-corrected chi connectivity index (χ0v) is 17.7. The summed E-state index contributed by atoms with van der Waals surface area (Å²) in [6.45, 7) is 14.1. The summed E-state index contributed by atoms with van der Waals surface area (Å²) in [4.78, 5) is 0. The smallest absolute Gasteiger partial charge is 0.274 e. The van der Waals surface area contributed by atoms with Crippen molar-refractivity contribution >= 4 is 16.1 Å². The fourth-order valence-electron chi connectivity index (χ4n) is 1.84. The van der Waals surface area contributed by atoms with Crippen molar-refractivity contribution in [2.45, 2.75) is 52.1 Å². The first kappa shape index (κ1) is 19.3. The van der Waals surface area contributed by atoms with Crippen molar-refractivity contribution in [3.8, 4) is 0 Å². The van der Waals surface area contributed by atoms with Crippen LogP contribution in [0.3, 0.4) is 0 Å². The summed E-state index contributed by atoms with van der Waals surface area (Å²) in [5.74, 6) is 0. The Labute approximate surface area is 140 Å². The molecule has 0 saturated heterocycles. The van der Waals surface area contributed by atoms with Crippen LogP contribution in [0, 0.1) is 12.2 Å². The van der Waals surface area contributed by atoms with Crippen molar-refractivity contribution in [1.29, 1.82) is 0 Å². The molecule has 0 spiro atoms. The number of hydrogen-bond donors (Lipinski definition) is 0. The molecule has 3 heteroatoms. The molecule has 0 saturated carbocycles. The summed E-state index contributed by atoms with van der Waals surface area (Å²) in [7, 11) is -2.01. The van der Waals surface area contributed by atoms with E-state index in [2.05, 4.69) is 75.7 Å². The number of allylic oxidation sites excluding steroid dienone is 8. The minimum absolute atomic E-state index is 0. The minimum Gasteiger partial charge on any atom is -0.274 e. The SMILES string of the molecule is C[Si](C)(C)C1=[C-]CC=C1.C[Si](C)(C)C1=[C-]CC=C1.[Zr+2]. The molecule has 0 amide bonds. The van der Waals surface area contributed by atoms with E-state index in [1.807, 2.05) is 0 Å². The van der Waals surface area contributed by atoms with E-state index >= 15 is 0 Å². The molecule has 19 heavy (non-hydrogen) atoms. The van der Waals surface area contributed by atoms with E-state index in [0.717, 1.165) is 12.8 Å². The molecule has 0 aromatic heterocycles. The predicted molar refractivity (Wildman–Crippen MR) is 87.7 cm³/mol. The van der Waals surface area contributed by atoms with Crippen LogP contribution in [0.15, 0.2) is 34.7 Å². The first-order valence-electron chi connectivity index (χ1n) is 6.77. The van der Waals surface area contributed by atoms with Gasteiger partial charge in [-0.3, -0.25) is 12.2 Å². The van der Waals surface area contributed by atoms with Crippen LogP contribution in [-0.2, 0) is 26.2 Å². The van der Waals surface area contributed by atoms with Crippen molar-refractivity contribution < 1.29 is 26.2 Å². The van der Waals surface area contributed by atoms with Gasteiger partial charge in [0.15, 0.2) is 0 Å². The Morgan fingerprint density at radius 2 is 1.05 bits per heavy atom. The third-order valence-corrected chi connectivity index (χ3v) is 6.92. The quantitative estimate of drug-likeness (QED) is 0.471. The molecule has 2 rings (SSSR count). The van der Waals surface area contributed by atoms with Crippen LogP contribution in [0.2, 0.25) is 39.3 Å². The number of rotatable bonds is 2. The fraction of sp³-hybridized carbons (Fsp3) is 0.500. The Balaban J connectivity index is 0.000000324. The van der Waals surface area contributed by atoms with Gasteiger partial charge in [0.05, 0.1) is 0 Å². The Kier molecular flexibility index (Phi) is 8.02. The molecule has 0 aromatic carbocycles. The third kappa shape index (κ3) is 7.01. The van der Waals surface area contributed by atoms with Gasteiger partial charge in [-0.1, -0.05) is 39.3 Å². The van der Waals surface area contributed by atoms with Crippen LogP contribution >= 0.6 is 0 Å². The molecular formula is C16H26Si2Zr. The average Bonchev–Trinajstić information content (AvgIpc) is 2.91. The first-order valence-corrected chi connectivity index (χ1v) is 13.8. The van der Waals surface area contributed by atoms with Gasteiger partial charge >= 0.3 is 26.2 Å². The second kappa shape index (κ2) is 7.90. The fourth-order valence-corrected chi connectivity index (χ4v) is 4.34. The van der Waals surface area contributed by atoms with E-state index in [1.165, 1.54) is 10.4 Å². The van der Waals surface area contributed by atoms with Crippen molar-refractivity contribution in [2.24, 2.45) is 0 Å². The van der Waals surface area contributed by atoms with E-state index < -0.39 is 16.1 Å². The van der Waals surface area contributed by atoms with Gasteiger partial charge in [0.2, 0.25) is 0 Å². The summed E-state index contributed by atoms with van der Waals surface area (Å²) < 4.78 is 0. The van der Waals surface area contributed by atoms with E-state index in [4.69, 9.17) is 0 Å². The third-order valence-electron chi connectivity index (χ3n) is 3.01. The zero-order valence-electron chi connectivity index (χ0n) is 13.2. The molecule has 0 atom stereocenters. The second-order valence-electron chi connectivity index (χ2n) is 6.89.